The first-order valence-electron chi connectivity index (χ1n) is 6.59. The van der Waals surface area contributed by atoms with Crippen LogP contribution in [0.15, 0.2) is 54.6 Å². The molecule has 2 N–H and O–H groups in total. The van der Waals surface area contributed by atoms with Crippen molar-refractivity contribution in [1.82, 2.24) is 5.32 Å². The van der Waals surface area contributed by atoms with E-state index in [0.29, 0.717) is 5.11 Å². The number of anilines is 1. The van der Waals surface area contributed by atoms with E-state index in [-0.39, 0.29) is 0 Å². The van der Waals surface area contributed by atoms with Crippen molar-refractivity contribution in [2.24, 2.45) is 0 Å². The monoisotopic (exact) mass is 396 g/mol. The Kier molecular flexibility index (Phi) is 6.26. The van der Waals surface area contributed by atoms with Crippen LogP contribution < -0.4 is 10.6 Å². The molecule has 0 aromatic heterocycles. The lowest BCUT2D eigenvalue weighted by molar-refractivity contribution is 0.777. The summed E-state index contributed by atoms with van der Waals surface area (Å²) in [5.41, 5.74) is 2.42. The van der Waals surface area contributed by atoms with Gasteiger partial charge in [0.25, 0.3) is 0 Å². The van der Waals surface area contributed by atoms with Gasteiger partial charge in [0, 0.05) is 10.1 Å². The van der Waals surface area contributed by atoms with Crippen molar-refractivity contribution < 1.29 is 0 Å². The van der Waals surface area contributed by atoms with E-state index in [0.717, 1.165) is 25.1 Å². The minimum Gasteiger partial charge on any atom is -0.362 e. The zero-order valence-electron chi connectivity index (χ0n) is 11.1. The lowest BCUT2D eigenvalue weighted by Gasteiger charge is -2.11. The van der Waals surface area contributed by atoms with Crippen LogP contribution in [0, 0.1) is 3.57 Å². The molecule has 0 amide bonds. The van der Waals surface area contributed by atoms with E-state index in [1.54, 1.807) is 0 Å². The van der Waals surface area contributed by atoms with E-state index >= 15 is 0 Å². The average Bonchev–Trinajstić information content (AvgIpc) is 2.47. The molecule has 2 aromatic rings. The molecule has 2 aromatic carbocycles. The van der Waals surface area contributed by atoms with Crippen molar-refractivity contribution in [3.05, 3.63) is 63.7 Å². The van der Waals surface area contributed by atoms with Crippen molar-refractivity contribution in [2.75, 3.05) is 11.9 Å². The molecule has 0 atom stereocenters. The molecule has 0 aliphatic carbocycles. The fourth-order valence-electron chi connectivity index (χ4n) is 1.87. The Morgan fingerprint density at radius 2 is 1.70 bits per heavy atom. The predicted octanol–water partition coefficient (Wildman–Crippen LogP) is 4.21. The largest absolute Gasteiger partial charge is 0.362 e. The second-order valence-corrected chi connectivity index (χ2v) is 6.02. The number of thiocarbonyl (C=S) groups is 1. The highest BCUT2D eigenvalue weighted by molar-refractivity contribution is 14.1. The third-order valence-electron chi connectivity index (χ3n) is 2.89. The van der Waals surface area contributed by atoms with Gasteiger partial charge in [-0.05, 0) is 65.3 Å². The maximum absolute atomic E-state index is 5.30. The summed E-state index contributed by atoms with van der Waals surface area (Å²) in [5, 5.41) is 7.15. The average molecular weight is 396 g/mol. The van der Waals surface area contributed by atoms with Gasteiger partial charge in [0.1, 0.15) is 0 Å². The topological polar surface area (TPSA) is 24.1 Å². The van der Waals surface area contributed by atoms with Gasteiger partial charge in [0.2, 0.25) is 0 Å². The lowest BCUT2D eigenvalue weighted by Crippen LogP contribution is -2.29. The van der Waals surface area contributed by atoms with Crippen LogP contribution in [-0.2, 0) is 6.42 Å². The Morgan fingerprint density at radius 1 is 1.00 bits per heavy atom. The molecule has 0 saturated carbocycles. The summed E-state index contributed by atoms with van der Waals surface area (Å²) >= 11 is 7.60. The van der Waals surface area contributed by atoms with E-state index < -0.39 is 0 Å². The normalized spacial score (nSPS) is 10.1. The molecule has 104 valence electrons. The fourth-order valence-corrected chi connectivity index (χ4v) is 2.60. The van der Waals surface area contributed by atoms with Crippen LogP contribution in [0.3, 0.4) is 0 Å². The molecule has 0 aliphatic rings. The first-order chi connectivity index (χ1) is 9.75. The van der Waals surface area contributed by atoms with Gasteiger partial charge in [0.05, 0.1) is 5.69 Å². The van der Waals surface area contributed by atoms with Crippen LogP contribution in [0.2, 0.25) is 0 Å². The molecule has 0 spiro atoms. The number of aryl methyl sites for hydroxylation is 1. The van der Waals surface area contributed by atoms with Crippen molar-refractivity contribution in [1.29, 1.82) is 0 Å². The molecule has 0 bridgehead atoms. The molecular weight excluding hydrogens is 379 g/mol. The van der Waals surface area contributed by atoms with Crippen LogP contribution in [0.4, 0.5) is 5.69 Å². The van der Waals surface area contributed by atoms with Gasteiger partial charge in [-0.3, -0.25) is 0 Å². The van der Waals surface area contributed by atoms with Crippen LogP contribution in [-0.4, -0.2) is 11.7 Å². The molecule has 0 heterocycles. The van der Waals surface area contributed by atoms with Gasteiger partial charge >= 0.3 is 0 Å². The number of nitrogens with one attached hydrogen (secondary N) is 2. The first-order valence-corrected chi connectivity index (χ1v) is 8.08. The van der Waals surface area contributed by atoms with E-state index in [1.165, 1.54) is 9.13 Å². The van der Waals surface area contributed by atoms with Crippen LogP contribution in [0.1, 0.15) is 12.0 Å². The van der Waals surface area contributed by atoms with Crippen molar-refractivity contribution in [3.63, 3.8) is 0 Å². The molecule has 0 radical (unpaired) electrons. The molecule has 2 rings (SSSR count). The minimum absolute atomic E-state index is 0.683. The van der Waals surface area contributed by atoms with Crippen molar-refractivity contribution in [2.45, 2.75) is 12.8 Å². The molecule has 0 saturated heterocycles. The van der Waals surface area contributed by atoms with Gasteiger partial charge < -0.3 is 10.6 Å². The lowest BCUT2D eigenvalue weighted by atomic mass is 10.1. The van der Waals surface area contributed by atoms with E-state index in [4.69, 9.17) is 12.2 Å². The predicted molar refractivity (Wildman–Crippen MR) is 98.1 cm³/mol. The second kappa shape index (κ2) is 8.21. The zero-order valence-corrected chi connectivity index (χ0v) is 14.1. The number of hydrogen-bond donors (Lipinski definition) is 2. The maximum atomic E-state index is 5.30. The number of halogens is 1. The quantitative estimate of drug-likeness (QED) is 0.450. The van der Waals surface area contributed by atoms with Crippen molar-refractivity contribution >= 4 is 45.6 Å². The van der Waals surface area contributed by atoms with Crippen molar-refractivity contribution in [3.8, 4) is 0 Å². The number of benzene rings is 2. The highest BCUT2D eigenvalue weighted by atomic mass is 127. The highest BCUT2D eigenvalue weighted by Crippen LogP contribution is 2.16. The fraction of sp³-hybridized carbons (Fsp3) is 0.188. The van der Waals surface area contributed by atoms with Crippen LogP contribution in [0.25, 0.3) is 0 Å². The molecule has 0 aliphatic heterocycles. The smallest absolute Gasteiger partial charge is 0.170 e. The zero-order chi connectivity index (χ0) is 14.2. The summed E-state index contributed by atoms with van der Waals surface area (Å²) in [7, 11) is 0. The maximum Gasteiger partial charge on any atom is 0.170 e. The van der Waals surface area contributed by atoms with Gasteiger partial charge in [0.15, 0.2) is 5.11 Å². The van der Waals surface area contributed by atoms with Gasteiger partial charge in [-0.2, -0.15) is 0 Å². The summed E-state index contributed by atoms with van der Waals surface area (Å²) in [6.07, 6.45) is 2.14. The second-order valence-electron chi connectivity index (χ2n) is 4.45. The van der Waals surface area contributed by atoms with E-state index in [2.05, 4.69) is 63.6 Å². The Morgan fingerprint density at radius 3 is 2.45 bits per heavy atom. The summed E-state index contributed by atoms with van der Waals surface area (Å²) in [4.78, 5) is 0. The number of para-hydroxylation sites is 1. The summed E-state index contributed by atoms with van der Waals surface area (Å²) in [6, 6.07) is 18.6. The number of hydrogen-bond acceptors (Lipinski definition) is 1. The SMILES string of the molecule is S=C(NCCCc1ccccc1)Nc1ccccc1I. The Balaban J connectivity index is 1.69. The molecule has 0 fully saturated rings. The van der Waals surface area contributed by atoms with E-state index in [1.807, 2.05) is 24.3 Å². The third-order valence-corrected chi connectivity index (χ3v) is 4.08. The van der Waals surface area contributed by atoms with Gasteiger partial charge in [-0.25, -0.2) is 0 Å². The Labute approximate surface area is 139 Å². The summed E-state index contributed by atoms with van der Waals surface area (Å²) in [6.45, 7) is 0.879. The van der Waals surface area contributed by atoms with E-state index in [9.17, 15) is 0 Å². The van der Waals surface area contributed by atoms with Gasteiger partial charge in [-0.15, -0.1) is 0 Å². The Bertz CT molecular complexity index is 557. The first kappa shape index (κ1) is 15.3. The molecule has 20 heavy (non-hydrogen) atoms. The Hall–Kier alpha value is -1.14. The van der Waals surface area contributed by atoms with Crippen LogP contribution >= 0.6 is 34.8 Å². The minimum atomic E-state index is 0.683. The summed E-state index contributed by atoms with van der Waals surface area (Å²) < 4.78 is 1.17. The van der Waals surface area contributed by atoms with Gasteiger partial charge in [-0.1, -0.05) is 42.5 Å². The summed E-state index contributed by atoms with van der Waals surface area (Å²) in [5.74, 6) is 0. The molecular formula is C16H17IN2S. The van der Waals surface area contributed by atoms with Crippen LogP contribution in [0.5, 0.6) is 0 Å². The highest BCUT2D eigenvalue weighted by Gasteiger charge is 2.00. The molecule has 4 heteroatoms. The standard InChI is InChI=1S/C16H17IN2S/c17-14-10-4-5-11-15(14)19-16(20)18-12-6-9-13-7-2-1-3-8-13/h1-5,7-8,10-11H,6,9,12H2,(H2,18,19,20). The molecule has 0 unspecified atom stereocenters. The number of rotatable bonds is 5. The third kappa shape index (κ3) is 5.09. The molecule has 2 nitrogen and oxygen atoms in total.